The molecule has 3 aromatic rings. The number of anilines is 1. The minimum absolute atomic E-state index is 0.326. The van der Waals surface area contributed by atoms with Gasteiger partial charge in [-0.1, -0.05) is 6.07 Å². The number of fused-ring (bicyclic) bond motifs is 1. The van der Waals surface area contributed by atoms with Gasteiger partial charge in [0.25, 0.3) is 0 Å². The molecule has 0 aliphatic carbocycles. The Kier molecular flexibility index (Phi) is 5.73. The summed E-state index contributed by atoms with van der Waals surface area (Å²) in [5, 5.41) is 8.85. The maximum absolute atomic E-state index is 5.58. The summed E-state index contributed by atoms with van der Waals surface area (Å²) < 4.78 is 12.5. The highest BCUT2D eigenvalue weighted by molar-refractivity contribution is 5.86. The number of hydrogen-bond acceptors (Lipinski definition) is 5. The van der Waals surface area contributed by atoms with Gasteiger partial charge in [0.2, 0.25) is 0 Å². The SMILES string of the molecule is COCCCc1ccc2c(OC)cc(-n3ccc(NC(C)C)n3)nc2c1. The van der Waals surface area contributed by atoms with Gasteiger partial charge in [-0.3, -0.25) is 0 Å². The standard InChI is InChI=1S/C20H26N4O2/c1-14(2)21-19-9-10-24(23-19)20-13-18(26-4)16-8-7-15(6-5-11-25-3)12-17(16)22-20/h7-10,12-14H,5-6,11H2,1-4H3,(H,21,23). The quantitative estimate of drug-likeness (QED) is 0.623. The first-order valence-electron chi connectivity index (χ1n) is 8.90. The molecule has 0 saturated heterocycles. The Morgan fingerprint density at radius 3 is 2.73 bits per heavy atom. The lowest BCUT2D eigenvalue weighted by Crippen LogP contribution is -2.10. The smallest absolute Gasteiger partial charge is 0.157 e. The van der Waals surface area contributed by atoms with Gasteiger partial charge in [0.15, 0.2) is 5.82 Å². The van der Waals surface area contributed by atoms with E-state index in [0.717, 1.165) is 47.7 Å². The first-order chi connectivity index (χ1) is 12.6. The molecule has 0 atom stereocenters. The Labute approximate surface area is 154 Å². The van der Waals surface area contributed by atoms with Crippen LogP contribution in [0.5, 0.6) is 5.75 Å². The van der Waals surface area contributed by atoms with E-state index in [2.05, 4.69) is 42.5 Å². The Morgan fingerprint density at radius 1 is 1.15 bits per heavy atom. The molecule has 0 aliphatic heterocycles. The monoisotopic (exact) mass is 354 g/mol. The molecule has 3 rings (SSSR count). The van der Waals surface area contributed by atoms with E-state index in [-0.39, 0.29) is 0 Å². The molecule has 6 nitrogen and oxygen atoms in total. The van der Waals surface area contributed by atoms with Gasteiger partial charge >= 0.3 is 0 Å². The van der Waals surface area contributed by atoms with Gasteiger partial charge in [-0.25, -0.2) is 9.67 Å². The summed E-state index contributed by atoms with van der Waals surface area (Å²) in [7, 11) is 3.41. The van der Waals surface area contributed by atoms with Crippen molar-refractivity contribution in [3.8, 4) is 11.6 Å². The van der Waals surface area contributed by atoms with E-state index in [9.17, 15) is 0 Å². The van der Waals surface area contributed by atoms with E-state index in [0.29, 0.717) is 6.04 Å². The van der Waals surface area contributed by atoms with E-state index in [1.807, 2.05) is 18.3 Å². The zero-order valence-electron chi connectivity index (χ0n) is 15.8. The van der Waals surface area contributed by atoms with Gasteiger partial charge < -0.3 is 14.8 Å². The first kappa shape index (κ1) is 18.2. The lowest BCUT2D eigenvalue weighted by atomic mass is 10.1. The average Bonchev–Trinajstić information content (AvgIpc) is 3.08. The number of rotatable bonds is 8. The van der Waals surface area contributed by atoms with Gasteiger partial charge in [-0.15, -0.1) is 5.10 Å². The molecular formula is C20H26N4O2. The number of methoxy groups -OCH3 is 2. The predicted octanol–water partition coefficient (Wildman–Crippen LogP) is 3.83. The fourth-order valence-electron chi connectivity index (χ4n) is 2.92. The number of pyridine rings is 1. The number of nitrogens with one attached hydrogen (secondary N) is 1. The predicted molar refractivity (Wildman–Crippen MR) is 104 cm³/mol. The van der Waals surface area contributed by atoms with Crippen molar-refractivity contribution >= 4 is 16.7 Å². The third-order valence-electron chi connectivity index (χ3n) is 4.12. The highest BCUT2D eigenvalue weighted by atomic mass is 16.5. The fraction of sp³-hybridized carbons (Fsp3) is 0.400. The summed E-state index contributed by atoms with van der Waals surface area (Å²) in [6.45, 7) is 4.93. The molecular weight excluding hydrogens is 328 g/mol. The van der Waals surface area contributed by atoms with Crippen molar-refractivity contribution in [2.75, 3.05) is 26.1 Å². The molecule has 0 saturated carbocycles. The van der Waals surface area contributed by atoms with Crippen LogP contribution < -0.4 is 10.1 Å². The van der Waals surface area contributed by atoms with Crippen LogP contribution in [-0.2, 0) is 11.2 Å². The maximum Gasteiger partial charge on any atom is 0.157 e. The Hall–Kier alpha value is -2.60. The molecule has 2 heterocycles. The van der Waals surface area contributed by atoms with E-state index in [4.69, 9.17) is 14.5 Å². The van der Waals surface area contributed by atoms with Crippen LogP contribution in [-0.4, -0.2) is 41.6 Å². The molecule has 0 fully saturated rings. The molecule has 1 N–H and O–H groups in total. The second kappa shape index (κ2) is 8.19. The minimum Gasteiger partial charge on any atom is -0.496 e. The second-order valence-corrected chi connectivity index (χ2v) is 6.58. The number of benzene rings is 1. The highest BCUT2D eigenvalue weighted by Gasteiger charge is 2.10. The molecule has 6 heteroatoms. The summed E-state index contributed by atoms with van der Waals surface area (Å²) >= 11 is 0. The number of aromatic nitrogens is 3. The molecule has 0 aliphatic rings. The third-order valence-corrected chi connectivity index (χ3v) is 4.12. The Morgan fingerprint density at radius 2 is 2.00 bits per heavy atom. The number of hydrogen-bond donors (Lipinski definition) is 1. The van der Waals surface area contributed by atoms with E-state index < -0.39 is 0 Å². The van der Waals surface area contributed by atoms with Crippen molar-refractivity contribution in [2.45, 2.75) is 32.7 Å². The van der Waals surface area contributed by atoms with Gasteiger partial charge in [0.1, 0.15) is 11.6 Å². The lowest BCUT2D eigenvalue weighted by molar-refractivity contribution is 0.195. The van der Waals surface area contributed by atoms with Crippen LogP contribution in [0.25, 0.3) is 16.7 Å². The highest BCUT2D eigenvalue weighted by Crippen LogP contribution is 2.28. The normalized spacial score (nSPS) is 11.3. The summed E-state index contributed by atoms with van der Waals surface area (Å²) in [6, 6.07) is 10.5. The van der Waals surface area contributed by atoms with Gasteiger partial charge in [0, 0.05) is 43.5 Å². The molecule has 0 bridgehead atoms. The van der Waals surface area contributed by atoms with Crippen LogP contribution in [0.4, 0.5) is 5.82 Å². The fourth-order valence-corrected chi connectivity index (χ4v) is 2.92. The van der Waals surface area contributed by atoms with E-state index in [1.165, 1.54) is 5.56 Å². The van der Waals surface area contributed by atoms with Crippen LogP contribution in [0, 0.1) is 0 Å². The van der Waals surface area contributed by atoms with Crippen molar-refractivity contribution in [1.29, 1.82) is 0 Å². The Balaban J connectivity index is 1.96. The molecule has 0 unspecified atom stereocenters. The van der Waals surface area contributed by atoms with Crippen LogP contribution in [0.2, 0.25) is 0 Å². The first-order valence-corrected chi connectivity index (χ1v) is 8.90. The third kappa shape index (κ3) is 4.14. The average molecular weight is 354 g/mol. The van der Waals surface area contributed by atoms with Gasteiger partial charge in [-0.2, -0.15) is 0 Å². The zero-order valence-corrected chi connectivity index (χ0v) is 15.8. The van der Waals surface area contributed by atoms with E-state index in [1.54, 1.807) is 18.9 Å². The molecule has 138 valence electrons. The summed E-state index contributed by atoms with van der Waals surface area (Å²) in [6.07, 6.45) is 3.85. The van der Waals surface area contributed by atoms with Crippen molar-refractivity contribution in [1.82, 2.24) is 14.8 Å². The van der Waals surface area contributed by atoms with Crippen molar-refractivity contribution in [3.05, 3.63) is 42.1 Å². The van der Waals surface area contributed by atoms with Crippen molar-refractivity contribution in [3.63, 3.8) is 0 Å². The minimum atomic E-state index is 0.326. The van der Waals surface area contributed by atoms with E-state index >= 15 is 0 Å². The topological polar surface area (TPSA) is 61.2 Å². The molecule has 0 amide bonds. The number of nitrogens with zero attached hydrogens (tertiary/aromatic N) is 3. The molecule has 0 radical (unpaired) electrons. The zero-order chi connectivity index (χ0) is 18.5. The van der Waals surface area contributed by atoms with Crippen LogP contribution >= 0.6 is 0 Å². The summed E-state index contributed by atoms with van der Waals surface area (Å²) in [5.41, 5.74) is 2.15. The Bertz CT molecular complexity index is 873. The summed E-state index contributed by atoms with van der Waals surface area (Å²) in [4.78, 5) is 4.80. The van der Waals surface area contributed by atoms with Gasteiger partial charge in [-0.05, 0) is 44.4 Å². The van der Waals surface area contributed by atoms with Crippen LogP contribution in [0.1, 0.15) is 25.8 Å². The molecule has 2 aromatic heterocycles. The largest absolute Gasteiger partial charge is 0.496 e. The lowest BCUT2D eigenvalue weighted by Gasteiger charge is -2.10. The van der Waals surface area contributed by atoms with Crippen molar-refractivity contribution in [2.24, 2.45) is 0 Å². The molecule has 0 spiro atoms. The maximum atomic E-state index is 5.58. The molecule has 1 aromatic carbocycles. The summed E-state index contributed by atoms with van der Waals surface area (Å²) in [5.74, 6) is 2.36. The number of aryl methyl sites for hydroxylation is 1. The molecule has 26 heavy (non-hydrogen) atoms. The van der Waals surface area contributed by atoms with Gasteiger partial charge in [0.05, 0.1) is 12.6 Å². The van der Waals surface area contributed by atoms with Crippen LogP contribution in [0.15, 0.2) is 36.5 Å². The van der Waals surface area contributed by atoms with Crippen LogP contribution in [0.3, 0.4) is 0 Å². The number of ether oxygens (including phenoxy) is 2. The van der Waals surface area contributed by atoms with Crippen molar-refractivity contribution < 1.29 is 9.47 Å². The second-order valence-electron chi connectivity index (χ2n) is 6.58.